The van der Waals surface area contributed by atoms with Gasteiger partial charge in [0.15, 0.2) is 0 Å². The summed E-state index contributed by atoms with van der Waals surface area (Å²) in [5.41, 5.74) is 2.81. The molecule has 1 N–H and O–H groups in total. The van der Waals surface area contributed by atoms with Crippen molar-refractivity contribution in [1.29, 1.82) is 0 Å². The molecule has 0 atom stereocenters. The second-order valence-electron chi connectivity index (χ2n) is 5.45. The van der Waals surface area contributed by atoms with Gasteiger partial charge in [-0.3, -0.25) is 9.80 Å². The Kier molecular flexibility index (Phi) is 4.00. The molecule has 2 aliphatic heterocycles. The van der Waals surface area contributed by atoms with Crippen LogP contribution in [-0.4, -0.2) is 60.3 Å². The molecule has 0 aliphatic carbocycles. The zero-order valence-electron chi connectivity index (χ0n) is 11.5. The second kappa shape index (κ2) is 5.91. The molecule has 1 aromatic carbocycles. The lowest BCUT2D eigenvalue weighted by Gasteiger charge is -2.28. The van der Waals surface area contributed by atoms with Gasteiger partial charge in [0.05, 0.1) is 18.8 Å². The van der Waals surface area contributed by atoms with E-state index in [2.05, 4.69) is 9.80 Å². The van der Waals surface area contributed by atoms with Crippen molar-refractivity contribution >= 4 is 5.97 Å². The fourth-order valence-electron chi connectivity index (χ4n) is 2.86. The van der Waals surface area contributed by atoms with Crippen molar-refractivity contribution in [3.63, 3.8) is 0 Å². The van der Waals surface area contributed by atoms with Crippen molar-refractivity contribution in [1.82, 2.24) is 9.80 Å². The molecule has 1 aromatic rings. The zero-order valence-corrected chi connectivity index (χ0v) is 11.5. The third kappa shape index (κ3) is 3.00. The summed E-state index contributed by atoms with van der Waals surface area (Å²) in [5.74, 6) is -0.848. The molecule has 108 valence electrons. The minimum absolute atomic E-state index is 0.388. The Labute approximate surface area is 118 Å². The molecule has 1 fully saturated rings. The van der Waals surface area contributed by atoms with Crippen LogP contribution in [0.25, 0.3) is 0 Å². The van der Waals surface area contributed by atoms with Crippen LogP contribution in [0.4, 0.5) is 0 Å². The number of benzene rings is 1. The minimum Gasteiger partial charge on any atom is -0.478 e. The summed E-state index contributed by atoms with van der Waals surface area (Å²) in [4.78, 5) is 15.8. The molecule has 3 rings (SSSR count). The summed E-state index contributed by atoms with van der Waals surface area (Å²) >= 11 is 0. The van der Waals surface area contributed by atoms with E-state index in [-0.39, 0.29) is 0 Å². The van der Waals surface area contributed by atoms with Crippen molar-refractivity contribution in [3.8, 4) is 0 Å². The Bertz CT molecular complexity index is 498. The van der Waals surface area contributed by atoms with Crippen LogP contribution in [0.3, 0.4) is 0 Å². The first-order valence-corrected chi connectivity index (χ1v) is 7.10. The maximum atomic E-state index is 11.0. The van der Waals surface area contributed by atoms with Crippen molar-refractivity contribution in [2.45, 2.75) is 13.1 Å². The highest BCUT2D eigenvalue weighted by molar-refractivity contribution is 5.87. The topological polar surface area (TPSA) is 53.0 Å². The first kappa shape index (κ1) is 13.5. The summed E-state index contributed by atoms with van der Waals surface area (Å²) in [6.45, 7) is 7.58. The molecule has 0 bridgehead atoms. The number of aromatic carboxylic acids is 1. The van der Waals surface area contributed by atoms with Gasteiger partial charge in [-0.2, -0.15) is 0 Å². The fourth-order valence-corrected chi connectivity index (χ4v) is 2.86. The number of ether oxygens (including phenoxy) is 1. The van der Waals surface area contributed by atoms with E-state index >= 15 is 0 Å². The SMILES string of the molecule is O=C(O)c1ccc2c(c1)CN(CCN1CCOCC1)C2. The summed E-state index contributed by atoms with van der Waals surface area (Å²) < 4.78 is 5.35. The molecular weight excluding hydrogens is 256 g/mol. The highest BCUT2D eigenvalue weighted by Crippen LogP contribution is 2.23. The van der Waals surface area contributed by atoms with Gasteiger partial charge in [-0.25, -0.2) is 4.79 Å². The van der Waals surface area contributed by atoms with E-state index in [0.717, 1.165) is 58.0 Å². The second-order valence-corrected chi connectivity index (χ2v) is 5.45. The number of carboxylic acids is 1. The van der Waals surface area contributed by atoms with Crippen molar-refractivity contribution < 1.29 is 14.6 Å². The minimum atomic E-state index is -0.848. The van der Waals surface area contributed by atoms with Gasteiger partial charge in [0.25, 0.3) is 0 Å². The molecular formula is C15H20N2O3. The quantitative estimate of drug-likeness (QED) is 0.890. The number of hydrogen-bond donors (Lipinski definition) is 1. The average Bonchev–Trinajstić information content (AvgIpc) is 2.88. The molecule has 20 heavy (non-hydrogen) atoms. The number of morpholine rings is 1. The van der Waals surface area contributed by atoms with Crippen molar-refractivity contribution in [3.05, 3.63) is 34.9 Å². The summed E-state index contributed by atoms with van der Waals surface area (Å²) in [7, 11) is 0. The molecule has 0 unspecified atom stereocenters. The Balaban J connectivity index is 1.55. The number of fused-ring (bicyclic) bond motifs is 1. The van der Waals surface area contributed by atoms with Gasteiger partial charge < -0.3 is 9.84 Å². The molecule has 5 heteroatoms. The Morgan fingerprint density at radius 3 is 2.55 bits per heavy atom. The first-order chi connectivity index (χ1) is 9.72. The van der Waals surface area contributed by atoms with Crippen LogP contribution in [0.1, 0.15) is 21.5 Å². The number of hydrogen-bond acceptors (Lipinski definition) is 4. The predicted molar refractivity (Wildman–Crippen MR) is 74.8 cm³/mol. The molecule has 0 amide bonds. The summed E-state index contributed by atoms with van der Waals surface area (Å²) in [6, 6.07) is 5.46. The standard InChI is InChI=1S/C15H20N2O3/c18-15(19)12-1-2-13-10-17(11-14(13)9-12)4-3-16-5-7-20-8-6-16/h1-2,9H,3-8,10-11H2,(H,18,19). The van der Waals surface area contributed by atoms with Gasteiger partial charge in [0.2, 0.25) is 0 Å². The average molecular weight is 276 g/mol. The number of carbonyl (C=O) groups is 1. The van der Waals surface area contributed by atoms with Crippen LogP contribution in [0, 0.1) is 0 Å². The molecule has 2 heterocycles. The molecule has 0 radical (unpaired) electrons. The Morgan fingerprint density at radius 1 is 1.10 bits per heavy atom. The van der Waals surface area contributed by atoms with Crippen LogP contribution in [0.15, 0.2) is 18.2 Å². The van der Waals surface area contributed by atoms with Gasteiger partial charge in [-0.15, -0.1) is 0 Å². The lowest BCUT2D eigenvalue weighted by molar-refractivity contribution is 0.0331. The van der Waals surface area contributed by atoms with Gasteiger partial charge in [0.1, 0.15) is 0 Å². The zero-order chi connectivity index (χ0) is 13.9. The molecule has 1 saturated heterocycles. The van der Waals surface area contributed by atoms with Gasteiger partial charge in [0, 0.05) is 39.3 Å². The normalized spacial score (nSPS) is 20.0. The van der Waals surface area contributed by atoms with Crippen LogP contribution in [0.5, 0.6) is 0 Å². The van der Waals surface area contributed by atoms with Crippen molar-refractivity contribution in [2.24, 2.45) is 0 Å². The highest BCUT2D eigenvalue weighted by atomic mass is 16.5. The fraction of sp³-hybridized carbons (Fsp3) is 0.533. The third-order valence-electron chi connectivity index (χ3n) is 4.08. The van der Waals surface area contributed by atoms with E-state index < -0.39 is 5.97 Å². The number of nitrogens with zero attached hydrogens (tertiary/aromatic N) is 2. The van der Waals surface area contributed by atoms with Crippen LogP contribution >= 0.6 is 0 Å². The lowest BCUT2D eigenvalue weighted by Crippen LogP contribution is -2.40. The Morgan fingerprint density at radius 2 is 1.80 bits per heavy atom. The highest BCUT2D eigenvalue weighted by Gasteiger charge is 2.21. The van der Waals surface area contributed by atoms with E-state index in [1.54, 1.807) is 6.07 Å². The van der Waals surface area contributed by atoms with E-state index in [1.165, 1.54) is 5.56 Å². The smallest absolute Gasteiger partial charge is 0.335 e. The molecule has 5 nitrogen and oxygen atoms in total. The molecule has 2 aliphatic rings. The predicted octanol–water partition coefficient (Wildman–Crippen LogP) is 1.03. The Hall–Kier alpha value is -1.43. The van der Waals surface area contributed by atoms with Gasteiger partial charge >= 0.3 is 5.97 Å². The largest absolute Gasteiger partial charge is 0.478 e. The summed E-state index contributed by atoms with van der Waals surface area (Å²) in [6.07, 6.45) is 0. The van der Waals surface area contributed by atoms with E-state index in [4.69, 9.17) is 9.84 Å². The first-order valence-electron chi connectivity index (χ1n) is 7.10. The van der Waals surface area contributed by atoms with Crippen LogP contribution in [-0.2, 0) is 17.8 Å². The number of carboxylic acid groups (broad SMARTS) is 1. The molecule has 0 spiro atoms. The van der Waals surface area contributed by atoms with E-state index in [1.807, 2.05) is 12.1 Å². The van der Waals surface area contributed by atoms with Gasteiger partial charge in [-0.05, 0) is 23.3 Å². The van der Waals surface area contributed by atoms with Crippen molar-refractivity contribution in [2.75, 3.05) is 39.4 Å². The van der Waals surface area contributed by atoms with Crippen LogP contribution < -0.4 is 0 Å². The van der Waals surface area contributed by atoms with Crippen LogP contribution in [0.2, 0.25) is 0 Å². The summed E-state index contributed by atoms with van der Waals surface area (Å²) in [5, 5.41) is 9.02. The molecule has 0 aromatic heterocycles. The van der Waals surface area contributed by atoms with E-state index in [9.17, 15) is 4.79 Å². The lowest BCUT2D eigenvalue weighted by atomic mass is 10.1. The number of rotatable bonds is 4. The third-order valence-corrected chi connectivity index (χ3v) is 4.08. The van der Waals surface area contributed by atoms with Gasteiger partial charge in [-0.1, -0.05) is 6.07 Å². The maximum Gasteiger partial charge on any atom is 0.335 e. The monoisotopic (exact) mass is 276 g/mol. The van der Waals surface area contributed by atoms with E-state index in [0.29, 0.717) is 5.56 Å². The maximum absolute atomic E-state index is 11.0. The molecule has 0 saturated carbocycles.